The van der Waals surface area contributed by atoms with E-state index in [1.54, 1.807) is 30.3 Å². The Morgan fingerprint density at radius 3 is 1.65 bits per heavy atom. The minimum absolute atomic E-state index is 0.566. The van der Waals surface area contributed by atoms with Gasteiger partial charge in [-0.25, -0.2) is 0 Å². The Hall–Kier alpha value is -3.02. The van der Waals surface area contributed by atoms with Gasteiger partial charge < -0.3 is 30.6 Å². The lowest BCUT2D eigenvalue weighted by molar-refractivity contribution is 0.325. The number of benzene rings is 2. The summed E-state index contributed by atoms with van der Waals surface area (Å²) in [5.41, 5.74) is -0.0162. The second-order valence-corrected chi connectivity index (χ2v) is 4.06. The minimum Gasteiger partial charge on any atom is -0.507 e. The van der Waals surface area contributed by atoms with Gasteiger partial charge in [-0.15, -0.1) is 0 Å². The molecule has 0 saturated heterocycles. The van der Waals surface area contributed by atoms with Gasteiger partial charge in [-0.1, -0.05) is 30.3 Å². The highest BCUT2D eigenvalue weighted by molar-refractivity contribution is 5.86. The molecule has 20 heavy (non-hydrogen) atoms. The Labute approximate surface area is 113 Å². The van der Waals surface area contributed by atoms with E-state index in [9.17, 15) is 30.6 Å². The van der Waals surface area contributed by atoms with E-state index in [1.807, 2.05) is 0 Å². The first-order chi connectivity index (χ1) is 9.43. The van der Waals surface area contributed by atoms with Crippen LogP contribution in [-0.4, -0.2) is 30.6 Å². The van der Waals surface area contributed by atoms with Crippen LogP contribution in [0.25, 0.3) is 11.8 Å². The molecule has 2 rings (SSSR count). The zero-order chi connectivity index (χ0) is 14.9. The molecule has 0 fully saturated rings. The van der Waals surface area contributed by atoms with Gasteiger partial charge >= 0.3 is 0 Å². The molecule has 0 spiro atoms. The molecule has 6 nitrogen and oxygen atoms in total. The summed E-state index contributed by atoms with van der Waals surface area (Å²) in [6.45, 7) is 0. The minimum atomic E-state index is -1.07. The predicted octanol–water partition coefficient (Wildman–Crippen LogP) is 2.27. The Bertz CT molecular complexity index is 647. The van der Waals surface area contributed by atoms with Crippen molar-refractivity contribution < 1.29 is 30.6 Å². The summed E-state index contributed by atoms with van der Waals surface area (Å²) >= 11 is 0. The van der Waals surface area contributed by atoms with Crippen LogP contribution in [0.1, 0.15) is 11.1 Å². The fourth-order valence-corrected chi connectivity index (χ4v) is 1.71. The van der Waals surface area contributed by atoms with E-state index in [0.717, 1.165) is 0 Å². The number of rotatable bonds is 2. The highest BCUT2D eigenvalue weighted by Crippen LogP contribution is 2.52. The number of hydrogen-bond acceptors (Lipinski definition) is 6. The molecule has 0 bridgehead atoms. The van der Waals surface area contributed by atoms with Crippen LogP contribution in [0.15, 0.2) is 30.3 Å². The average molecular weight is 276 g/mol. The fraction of sp³-hybridized carbons (Fsp3) is 0. The quantitative estimate of drug-likeness (QED) is 0.216. The molecule has 0 radical (unpaired) electrons. The molecule has 0 heterocycles. The van der Waals surface area contributed by atoms with Crippen molar-refractivity contribution in [3.05, 3.63) is 41.5 Å². The Morgan fingerprint density at radius 2 is 1.15 bits per heavy atom. The van der Waals surface area contributed by atoms with Crippen LogP contribution < -0.4 is 0 Å². The van der Waals surface area contributed by atoms with Gasteiger partial charge in [0.1, 0.15) is 11.3 Å². The lowest BCUT2D eigenvalue weighted by Crippen LogP contribution is -1.88. The first kappa shape index (κ1) is 13.4. The standard InChI is InChI=1S/C14H12O6/c15-8(6-7-4-2-1-3-5-7)9-10(16)12(18)14(20)13(19)11(9)17/h1-6,15-20H/b8-6-. The largest absolute Gasteiger partial charge is 0.507 e. The summed E-state index contributed by atoms with van der Waals surface area (Å²) in [6, 6.07) is 8.51. The van der Waals surface area contributed by atoms with Crippen molar-refractivity contribution in [1.82, 2.24) is 0 Å². The molecular formula is C14H12O6. The molecule has 0 aliphatic rings. The molecular weight excluding hydrogens is 264 g/mol. The second kappa shape index (κ2) is 4.93. The van der Waals surface area contributed by atoms with E-state index in [0.29, 0.717) is 5.56 Å². The molecule has 0 unspecified atom stereocenters. The van der Waals surface area contributed by atoms with Crippen molar-refractivity contribution >= 4 is 11.8 Å². The Morgan fingerprint density at radius 1 is 0.700 bits per heavy atom. The summed E-state index contributed by atoms with van der Waals surface area (Å²) in [7, 11) is 0. The average Bonchev–Trinajstić information content (AvgIpc) is 2.44. The van der Waals surface area contributed by atoms with E-state index in [1.165, 1.54) is 6.08 Å². The van der Waals surface area contributed by atoms with Crippen molar-refractivity contribution in [1.29, 1.82) is 0 Å². The molecule has 0 aromatic heterocycles. The summed E-state index contributed by atoms with van der Waals surface area (Å²) in [5, 5.41) is 57.3. The van der Waals surface area contributed by atoms with E-state index >= 15 is 0 Å². The van der Waals surface area contributed by atoms with E-state index in [-0.39, 0.29) is 0 Å². The summed E-state index contributed by atoms with van der Waals surface area (Å²) in [5.74, 6) is -5.62. The van der Waals surface area contributed by atoms with Crippen LogP contribution in [0.3, 0.4) is 0 Å². The van der Waals surface area contributed by atoms with Crippen LogP contribution in [0.4, 0.5) is 0 Å². The third-order valence-corrected chi connectivity index (χ3v) is 2.73. The van der Waals surface area contributed by atoms with Gasteiger partial charge in [0.25, 0.3) is 0 Å². The topological polar surface area (TPSA) is 121 Å². The van der Waals surface area contributed by atoms with Gasteiger partial charge in [-0.3, -0.25) is 0 Å². The third kappa shape index (κ3) is 2.14. The lowest BCUT2D eigenvalue weighted by Gasteiger charge is -2.11. The molecule has 104 valence electrons. The predicted molar refractivity (Wildman–Crippen MR) is 71.7 cm³/mol. The maximum Gasteiger partial charge on any atom is 0.208 e. The summed E-state index contributed by atoms with van der Waals surface area (Å²) in [4.78, 5) is 0. The molecule has 2 aromatic carbocycles. The smallest absolute Gasteiger partial charge is 0.208 e. The van der Waals surface area contributed by atoms with Crippen molar-refractivity contribution in [2.45, 2.75) is 0 Å². The third-order valence-electron chi connectivity index (χ3n) is 2.73. The first-order valence-corrected chi connectivity index (χ1v) is 5.58. The summed E-state index contributed by atoms with van der Waals surface area (Å²) in [6.07, 6.45) is 1.21. The maximum atomic E-state index is 9.91. The molecule has 0 atom stereocenters. The monoisotopic (exact) mass is 276 g/mol. The van der Waals surface area contributed by atoms with E-state index in [2.05, 4.69) is 0 Å². The number of hydrogen-bond donors (Lipinski definition) is 6. The van der Waals surface area contributed by atoms with Gasteiger partial charge in [0.15, 0.2) is 11.5 Å². The Kier molecular flexibility index (Phi) is 3.30. The van der Waals surface area contributed by atoms with Crippen molar-refractivity contribution in [2.24, 2.45) is 0 Å². The molecule has 0 saturated carbocycles. The number of phenols is 5. The summed E-state index contributed by atoms with van der Waals surface area (Å²) < 4.78 is 0. The fourth-order valence-electron chi connectivity index (χ4n) is 1.71. The van der Waals surface area contributed by atoms with Crippen LogP contribution in [0.2, 0.25) is 0 Å². The van der Waals surface area contributed by atoms with Crippen LogP contribution in [0, 0.1) is 0 Å². The highest BCUT2D eigenvalue weighted by atomic mass is 16.4. The SMILES string of the molecule is O/C(=C\c1ccccc1)c1c(O)c(O)c(O)c(O)c1O. The zero-order valence-corrected chi connectivity index (χ0v) is 10.1. The first-order valence-electron chi connectivity index (χ1n) is 5.58. The molecule has 6 heteroatoms. The number of aromatic hydroxyl groups is 5. The molecule has 0 aliphatic heterocycles. The van der Waals surface area contributed by atoms with Gasteiger partial charge in [-0.2, -0.15) is 0 Å². The maximum absolute atomic E-state index is 9.91. The van der Waals surface area contributed by atoms with Gasteiger partial charge in [-0.05, 0) is 11.6 Å². The number of phenolic OH excluding ortho intramolecular Hbond substituents is 5. The van der Waals surface area contributed by atoms with Crippen molar-refractivity contribution in [2.75, 3.05) is 0 Å². The molecule has 6 N–H and O–H groups in total. The molecule has 0 amide bonds. The van der Waals surface area contributed by atoms with Gasteiger partial charge in [0.2, 0.25) is 17.2 Å². The second-order valence-electron chi connectivity index (χ2n) is 4.06. The highest BCUT2D eigenvalue weighted by Gasteiger charge is 2.25. The van der Waals surface area contributed by atoms with Crippen molar-refractivity contribution in [3.8, 4) is 28.7 Å². The molecule has 2 aromatic rings. The lowest BCUT2D eigenvalue weighted by atomic mass is 10.1. The van der Waals surface area contributed by atoms with Crippen LogP contribution >= 0.6 is 0 Å². The van der Waals surface area contributed by atoms with Gasteiger partial charge in [0.05, 0.1) is 0 Å². The normalized spacial score (nSPS) is 11.5. The molecule has 0 aliphatic carbocycles. The number of aliphatic hydroxyl groups is 1. The Balaban J connectivity index is 2.62. The van der Waals surface area contributed by atoms with Crippen LogP contribution in [0.5, 0.6) is 28.7 Å². The van der Waals surface area contributed by atoms with Gasteiger partial charge in [0, 0.05) is 0 Å². The van der Waals surface area contributed by atoms with E-state index < -0.39 is 40.1 Å². The number of aliphatic hydroxyl groups excluding tert-OH is 1. The van der Waals surface area contributed by atoms with E-state index in [4.69, 9.17) is 0 Å². The van der Waals surface area contributed by atoms with Crippen molar-refractivity contribution in [3.63, 3.8) is 0 Å². The zero-order valence-electron chi connectivity index (χ0n) is 10.1. The van der Waals surface area contributed by atoms with Crippen LogP contribution in [-0.2, 0) is 0 Å².